The summed E-state index contributed by atoms with van der Waals surface area (Å²) in [5.41, 5.74) is 3.82. The molecule has 0 aliphatic heterocycles. The Morgan fingerprint density at radius 1 is 1.12 bits per heavy atom. The van der Waals surface area contributed by atoms with Gasteiger partial charge in [0, 0.05) is 11.8 Å². The third kappa shape index (κ3) is 2.51. The summed E-state index contributed by atoms with van der Waals surface area (Å²) in [5.74, 6) is 0. The van der Waals surface area contributed by atoms with Crippen LogP contribution in [0.4, 0.5) is 0 Å². The molecule has 2 rings (SSSR count). The second kappa shape index (κ2) is 5.50. The van der Waals surface area contributed by atoms with Gasteiger partial charge in [-0.15, -0.1) is 0 Å². The van der Waals surface area contributed by atoms with Gasteiger partial charge in [0.1, 0.15) is 0 Å². The molecule has 0 saturated carbocycles. The lowest BCUT2D eigenvalue weighted by Crippen LogP contribution is -1.90. The van der Waals surface area contributed by atoms with Crippen molar-refractivity contribution in [3.8, 4) is 11.3 Å². The number of hydrogen-bond acceptors (Lipinski definition) is 1. The van der Waals surface area contributed by atoms with Crippen LogP contribution in [-0.2, 0) is 6.42 Å². The summed E-state index contributed by atoms with van der Waals surface area (Å²) in [5, 5.41) is 7.05. The molecule has 1 aromatic heterocycles. The van der Waals surface area contributed by atoms with Crippen molar-refractivity contribution < 1.29 is 0 Å². The number of aromatic nitrogens is 2. The van der Waals surface area contributed by atoms with Crippen LogP contribution in [0.3, 0.4) is 0 Å². The maximum absolute atomic E-state index is 4.01. The minimum absolute atomic E-state index is 1.12. The minimum Gasteiger partial charge on any atom is -0.278 e. The van der Waals surface area contributed by atoms with Crippen LogP contribution in [0.2, 0.25) is 0 Å². The fourth-order valence-electron chi connectivity index (χ4n) is 1.97. The molecule has 0 saturated heterocycles. The van der Waals surface area contributed by atoms with E-state index in [0.717, 1.165) is 12.1 Å². The fraction of sp³-hybridized carbons (Fsp3) is 0.357. The zero-order valence-corrected chi connectivity index (χ0v) is 9.74. The van der Waals surface area contributed by atoms with Crippen molar-refractivity contribution in [3.63, 3.8) is 0 Å². The minimum atomic E-state index is 1.12. The van der Waals surface area contributed by atoms with Crippen LogP contribution < -0.4 is 0 Å². The molecular weight excluding hydrogens is 196 g/mol. The lowest BCUT2D eigenvalue weighted by atomic mass is 9.99. The van der Waals surface area contributed by atoms with Crippen molar-refractivity contribution in [2.45, 2.75) is 32.6 Å². The molecule has 1 heterocycles. The number of benzene rings is 1. The Kier molecular flexibility index (Phi) is 3.76. The molecule has 0 atom stereocenters. The van der Waals surface area contributed by atoms with E-state index in [1.807, 2.05) is 6.07 Å². The monoisotopic (exact) mass is 214 g/mol. The van der Waals surface area contributed by atoms with E-state index in [2.05, 4.69) is 41.4 Å². The zero-order chi connectivity index (χ0) is 11.2. The average Bonchev–Trinajstić information content (AvgIpc) is 2.83. The highest BCUT2D eigenvalue weighted by Crippen LogP contribution is 2.22. The molecule has 16 heavy (non-hydrogen) atoms. The molecule has 0 bridgehead atoms. The van der Waals surface area contributed by atoms with Gasteiger partial charge in [0.2, 0.25) is 0 Å². The van der Waals surface area contributed by atoms with Crippen LogP contribution >= 0.6 is 0 Å². The van der Waals surface area contributed by atoms with Gasteiger partial charge in [0.05, 0.1) is 5.69 Å². The van der Waals surface area contributed by atoms with E-state index in [1.165, 1.54) is 30.4 Å². The maximum Gasteiger partial charge on any atom is 0.0652 e. The summed E-state index contributed by atoms with van der Waals surface area (Å²) < 4.78 is 0. The van der Waals surface area contributed by atoms with Crippen molar-refractivity contribution in [2.75, 3.05) is 0 Å². The predicted molar refractivity (Wildman–Crippen MR) is 67.3 cm³/mol. The smallest absolute Gasteiger partial charge is 0.0652 e. The number of aromatic amines is 1. The van der Waals surface area contributed by atoms with E-state index in [1.54, 1.807) is 6.20 Å². The van der Waals surface area contributed by atoms with Gasteiger partial charge in [0.25, 0.3) is 0 Å². The highest BCUT2D eigenvalue weighted by molar-refractivity contribution is 5.63. The Labute approximate surface area is 96.7 Å². The summed E-state index contributed by atoms with van der Waals surface area (Å²) in [4.78, 5) is 0. The Bertz CT molecular complexity index is 418. The largest absolute Gasteiger partial charge is 0.278 e. The van der Waals surface area contributed by atoms with Gasteiger partial charge in [-0.1, -0.05) is 44.0 Å². The number of nitrogens with zero attached hydrogens (tertiary/aromatic N) is 1. The van der Waals surface area contributed by atoms with E-state index in [9.17, 15) is 0 Å². The Balaban J connectivity index is 2.18. The molecule has 0 unspecified atom stereocenters. The number of unbranched alkanes of at least 4 members (excludes halogenated alkanes) is 2. The van der Waals surface area contributed by atoms with Crippen LogP contribution in [0, 0.1) is 0 Å². The van der Waals surface area contributed by atoms with E-state index in [-0.39, 0.29) is 0 Å². The zero-order valence-electron chi connectivity index (χ0n) is 9.74. The van der Waals surface area contributed by atoms with Gasteiger partial charge < -0.3 is 0 Å². The number of H-pyrrole nitrogens is 1. The summed E-state index contributed by atoms with van der Waals surface area (Å²) >= 11 is 0. The first-order chi connectivity index (χ1) is 7.92. The fourth-order valence-corrected chi connectivity index (χ4v) is 1.97. The molecule has 0 spiro atoms. The van der Waals surface area contributed by atoms with Crippen LogP contribution in [-0.4, -0.2) is 10.2 Å². The molecule has 1 N–H and O–H groups in total. The van der Waals surface area contributed by atoms with Crippen LogP contribution in [0.1, 0.15) is 31.7 Å². The third-order valence-corrected chi connectivity index (χ3v) is 2.86. The summed E-state index contributed by atoms with van der Waals surface area (Å²) in [6.07, 6.45) is 6.80. The van der Waals surface area contributed by atoms with Gasteiger partial charge in [-0.2, -0.15) is 5.10 Å². The molecule has 2 nitrogen and oxygen atoms in total. The molecule has 0 radical (unpaired) electrons. The van der Waals surface area contributed by atoms with E-state index < -0.39 is 0 Å². The van der Waals surface area contributed by atoms with Crippen molar-refractivity contribution >= 4 is 0 Å². The summed E-state index contributed by atoms with van der Waals surface area (Å²) in [6.45, 7) is 2.24. The molecule has 2 heteroatoms. The molecule has 0 fully saturated rings. The highest BCUT2D eigenvalue weighted by Gasteiger charge is 2.04. The maximum atomic E-state index is 4.01. The molecule has 0 aliphatic carbocycles. The SMILES string of the molecule is CCCCCc1ccccc1-c1ccn[nH]1. The Hall–Kier alpha value is -1.57. The van der Waals surface area contributed by atoms with E-state index in [0.29, 0.717) is 0 Å². The van der Waals surface area contributed by atoms with Crippen LogP contribution in [0.15, 0.2) is 36.5 Å². The molecule has 0 amide bonds. The molecule has 2 aromatic rings. The van der Waals surface area contributed by atoms with Crippen molar-refractivity contribution in [1.82, 2.24) is 10.2 Å². The normalized spacial score (nSPS) is 10.6. The first-order valence-corrected chi connectivity index (χ1v) is 5.99. The number of nitrogens with one attached hydrogen (secondary N) is 1. The van der Waals surface area contributed by atoms with Gasteiger partial charge in [-0.25, -0.2) is 0 Å². The number of aryl methyl sites for hydroxylation is 1. The molecule has 1 aromatic carbocycles. The van der Waals surface area contributed by atoms with Crippen molar-refractivity contribution in [3.05, 3.63) is 42.1 Å². The van der Waals surface area contributed by atoms with E-state index in [4.69, 9.17) is 0 Å². The first-order valence-electron chi connectivity index (χ1n) is 5.99. The number of hydrogen-bond donors (Lipinski definition) is 1. The van der Waals surface area contributed by atoms with Crippen molar-refractivity contribution in [2.24, 2.45) is 0 Å². The number of rotatable bonds is 5. The van der Waals surface area contributed by atoms with Gasteiger partial charge in [-0.05, 0) is 24.5 Å². The van der Waals surface area contributed by atoms with Gasteiger partial charge >= 0.3 is 0 Å². The van der Waals surface area contributed by atoms with Crippen LogP contribution in [0.5, 0.6) is 0 Å². The van der Waals surface area contributed by atoms with Crippen LogP contribution in [0.25, 0.3) is 11.3 Å². The molecule has 84 valence electrons. The van der Waals surface area contributed by atoms with Gasteiger partial charge in [0.15, 0.2) is 0 Å². The Morgan fingerprint density at radius 2 is 2.00 bits per heavy atom. The summed E-state index contributed by atoms with van der Waals surface area (Å²) in [6, 6.07) is 10.6. The second-order valence-corrected chi connectivity index (χ2v) is 4.08. The first kappa shape index (κ1) is 10.9. The quantitative estimate of drug-likeness (QED) is 0.753. The average molecular weight is 214 g/mol. The standard InChI is InChI=1S/C14H18N2/c1-2-3-4-7-12-8-5-6-9-13(12)14-10-11-15-16-14/h5-6,8-11H,2-4,7H2,1H3,(H,15,16). The highest BCUT2D eigenvalue weighted by atomic mass is 15.1. The summed E-state index contributed by atoms with van der Waals surface area (Å²) in [7, 11) is 0. The lowest BCUT2D eigenvalue weighted by Gasteiger charge is -2.07. The topological polar surface area (TPSA) is 28.7 Å². The second-order valence-electron chi connectivity index (χ2n) is 4.08. The molecular formula is C14H18N2. The molecule has 0 aliphatic rings. The lowest BCUT2D eigenvalue weighted by molar-refractivity contribution is 0.718. The van der Waals surface area contributed by atoms with Crippen molar-refractivity contribution in [1.29, 1.82) is 0 Å². The Morgan fingerprint density at radius 3 is 2.75 bits per heavy atom. The van der Waals surface area contributed by atoms with Gasteiger partial charge in [-0.3, -0.25) is 5.10 Å². The third-order valence-electron chi connectivity index (χ3n) is 2.86. The van der Waals surface area contributed by atoms with E-state index >= 15 is 0 Å². The predicted octanol–water partition coefficient (Wildman–Crippen LogP) is 3.81.